The van der Waals surface area contributed by atoms with Gasteiger partial charge in [-0.2, -0.15) is 0 Å². The van der Waals surface area contributed by atoms with Crippen LogP contribution in [-0.2, 0) is 0 Å². The van der Waals surface area contributed by atoms with Gasteiger partial charge in [-0.1, -0.05) is 6.92 Å². The van der Waals surface area contributed by atoms with E-state index in [2.05, 4.69) is 4.98 Å². The molecule has 0 aliphatic rings. The van der Waals surface area contributed by atoms with Gasteiger partial charge < -0.3 is 10.0 Å². The van der Waals surface area contributed by atoms with Crippen LogP contribution in [0.25, 0.3) is 10.2 Å². The zero-order valence-electron chi connectivity index (χ0n) is 14.0. The van der Waals surface area contributed by atoms with E-state index in [9.17, 15) is 14.7 Å². The van der Waals surface area contributed by atoms with Crippen molar-refractivity contribution in [1.82, 2.24) is 14.5 Å². The average molecular weight is 337 g/mol. The third kappa shape index (κ3) is 3.03. The number of carbonyl (C=O) groups excluding carboxylic acids is 1. The summed E-state index contributed by atoms with van der Waals surface area (Å²) in [7, 11) is 0. The van der Waals surface area contributed by atoms with Gasteiger partial charge in [-0.05, 0) is 32.8 Å². The molecule has 2 aromatic heterocycles. The molecule has 0 spiro atoms. The number of amides is 1. The molecule has 126 valence electrons. The number of rotatable bonds is 6. The highest BCUT2D eigenvalue weighted by Gasteiger charge is 2.23. The lowest BCUT2D eigenvalue weighted by atomic mass is 10.2. The van der Waals surface area contributed by atoms with Crippen molar-refractivity contribution in [2.24, 2.45) is 0 Å². The minimum atomic E-state index is -0.291. The van der Waals surface area contributed by atoms with Crippen LogP contribution >= 0.6 is 11.3 Å². The molecule has 2 aromatic rings. The van der Waals surface area contributed by atoms with Crippen molar-refractivity contribution in [3.8, 4) is 0 Å². The Morgan fingerprint density at radius 1 is 1.39 bits per heavy atom. The number of hydrogen-bond acceptors (Lipinski definition) is 5. The van der Waals surface area contributed by atoms with Crippen LogP contribution in [0, 0.1) is 6.92 Å². The van der Waals surface area contributed by atoms with E-state index in [1.165, 1.54) is 22.2 Å². The van der Waals surface area contributed by atoms with Crippen LogP contribution in [-0.4, -0.2) is 45.2 Å². The molecule has 0 unspecified atom stereocenters. The van der Waals surface area contributed by atoms with Gasteiger partial charge in [0.15, 0.2) is 0 Å². The number of nitrogens with zero attached hydrogens (tertiary/aromatic N) is 3. The van der Waals surface area contributed by atoms with Gasteiger partial charge in [0, 0.05) is 13.1 Å². The molecule has 23 heavy (non-hydrogen) atoms. The fourth-order valence-corrected chi connectivity index (χ4v) is 3.78. The first kappa shape index (κ1) is 17.6. The van der Waals surface area contributed by atoms with Crippen LogP contribution < -0.4 is 5.56 Å². The second-order valence-corrected chi connectivity index (χ2v) is 6.41. The molecule has 0 saturated carbocycles. The predicted octanol–water partition coefficient (Wildman–Crippen LogP) is 2.19. The normalized spacial score (nSPS) is 12.6. The minimum Gasteiger partial charge on any atom is -0.394 e. The third-order valence-corrected chi connectivity index (χ3v) is 5.38. The molecule has 2 rings (SSSR count). The Hall–Kier alpha value is -1.73. The van der Waals surface area contributed by atoms with Gasteiger partial charge in [-0.3, -0.25) is 14.2 Å². The summed E-state index contributed by atoms with van der Waals surface area (Å²) in [4.78, 5) is 32.6. The van der Waals surface area contributed by atoms with Gasteiger partial charge in [0.05, 0.1) is 29.2 Å². The maximum atomic E-state index is 12.7. The van der Waals surface area contributed by atoms with E-state index in [0.717, 1.165) is 0 Å². The third-order valence-electron chi connectivity index (χ3n) is 4.20. The van der Waals surface area contributed by atoms with Crippen LogP contribution in [0.4, 0.5) is 0 Å². The maximum Gasteiger partial charge on any atom is 0.264 e. The SMILES string of the molecule is CC[C@H](CO)n1cnc2sc(C(=O)N(CC)CC)c(C)c2c1=O. The Balaban J connectivity index is 2.61. The molecule has 0 bridgehead atoms. The largest absolute Gasteiger partial charge is 0.394 e. The van der Waals surface area contributed by atoms with E-state index < -0.39 is 0 Å². The van der Waals surface area contributed by atoms with Crippen LogP contribution in [0.1, 0.15) is 48.5 Å². The molecule has 1 amide bonds. The molecule has 0 saturated heterocycles. The van der Waals surface area contributed by atoms with Crippen molar-refractivity contribution in [3.63, 3.8) is 0 Å². The number of aryl methyl sites for hydroxylation is 1. The van der Waals surface area contributed by atoms with Gasteiger partial charge in [0.25, 0.3) is 11.5 Å². The summed E-state index contributed by atoms with van der Waals surface area (Å²) in [6.45, 7) is 8.71. The molecule has 7 heteroatoms. The van der Waals surface area contributed by atoms with Crippen LogP contribution in [0.3, 0.4) is 0 Å². The quantitative estimate of drug-likeness (QED) is 0.877. The highest BCUT2D eigenvalue weighted by molar-refractivity contribution is 7.20. The average Bonchev–Trinajstić information content (AvgIpc) is 2.89. The summed E-state index contributed by atoms with van der Waals surface area (Å²) < 4.78 is 1.47. The van der Waals surface area contributed by atoms with Crippen LogP contribution in [0.2, 0.25) is 0 Å². The van der Waals surface area contributed by atoms with Gasteiger partial charge >= 0.3 is 0 Å². The molecule has 0 aromatic carbocycles. The molecule has 0 radical (unpaired) electrons. The molecule has 6 nitrogen and oxygen atoms in total. The van der Waals surface area contributed by atoms with Crippen molar-refractivity contribution < 1.29 is 9.90 Å². The van der Waals surface area contributed by atoms with E-state index in [1.54, 1.807) is 11.8 Å². The second kappa shape index (κ2) is 7.23. The van der Waals surface area contributed by atoms with Crippen molar-refractivity contribution in [2.75, 3.05) is 19.7 Å². The topological polar surface area (TPSA) is 75.4 Å². The van der Waals surface area contributed by atoms with Crippen LogP contribution in [0.5, 0.6) is 0 Å². The summed E-state index contributed by atoms with van der Waals surface area (Å²) in [5.74, 6) is -0.0596. The summed E-state index contributed by atoms with van der Waals surface area (Å²) in [5, 5.41) is 9.92. The number of thiophene rings is 1. The summed E-state index contributed by atoms with van der Waals surface area (Å²) >= 11 is 1.26. The first-order chi connectivity index (χ1) is 11.0. The molecule has 0 aliphatic heterocycles. The van der Waals surface area contributed by atoms with Crippen LogP contribution in [0.15, 0.2) is 11.1 Å². The zero-order valence-corrected chi connectivity index (χ0v) is 14.8. The summed E-state index contributed by atoms with van der Waals surface area (Å²) in [5.41, 5.74) is 0.491. The predicted molar refractivity (Wildman–Crippen MR) is 92.3 cm³/mol. The van der Waals surface area contributed by atoms with E-state index >= 15 is 0 Å². The summed E-state index contributed by atoms with van der Waals surface area (Å²) in [6, 6.07) is -0.291. The van der Waals surface area contributed by atoms with Crippen molar-refractivity contribution in [2.45, 2.75) is 40.2 Å². The Bertz CT molecular complexity index is 758. The molecule has 2 heterocycles. The zero-order chi connectivity index (χ0) is 17.1. The second-order valence-electron chi connectivity index (χ2n) is 5.42. The standard InChI is InChI=1S/C16H23N3O3S/c1-5-11(8-20)19-9-17-14-12(15(19)21)10(4)13(23-14)16(22)18(6-2)7-3/h9,11,20H,5-8H2,1-4H3/t11-/m1/s1. The van der Waals surface area contributed by atoms with Crippen molar-refractivity contribution >= 4 is 27.5 Å². The molecular formula is C16H23N3O3S. The van der Waals surface area contributed by atoms with Gasteiger partial charge in [0.1, 0.15) is 4.83 Å². The fourth-order valence-electron chi connectivity index (χ4n) is 2.67. The molecule has 0 fully saturated rings. The Morgan fingerprint density at radius 3 is 2.57 bits per heavy atom. The lowest BCUT2D eigenvalue weighted by molar-refractivity contribution is 0.0777. The smallest absolute Gasteiger partial charge is 0.264 e. The first-order valence-electron chi connectivity index (χ1n) is 7.90. The fraction of sp³-hybridized carbons (Fsp3) is 0.562. The highest BCUT2D eigenvalue weighted by atomic mass is 32.1. The Kier molecular flexibility index (Phi) is 5.54. The number of carbonyl (C=O) groups is 1. The Morgan fingerprint density at radius 2 is 2.04 bits per heavy atom. The van der Waals surface area contributed by atoms with E-state index in [-0.39, 0.29) is 24.1 Å². The minimum absolute atomic E-state index is 0.0596. The number of hydrogen-bond donors (Lipinski definition) is 1. The number of aliphatic hydroxyl groups is 1. The Labute approximate surface area is 139 Å². The highest BCUT2D eigenvalue weighted by Crippen LogP contribution is 2.28. The monoisotopic (exact) mass is 337 g/mol. The molecular weight excluding hydrogens is 314 g/mol. The van der Waals surface area contributed by atoms with Crippen molar-refractivity contribution in [3.05, 3.63) is 27.1 Å². The summed E-state index contributed by atoms with van der Waals surface area (Å²) in [6.07, 6.45) is 2.11. The van der Waals surface area contributed by atoms with Gasteiger partial charge in [-0.15, -0.1) is 11.3 Å². The molecule has 1 atom stereocenters. The van der Waals surface area contributed by atoms with E-state index in [4.69, 9.17) is 0 Å². The number of aliphatic hydroxyl groups excluding tert-OH is 1. The maximum absolute atomic E-state index is 12.7. The van der Waals surface area contributed by atoms with Gasteiger partial charge in [-0.25, -0.2) is 4.98 Å². The van der Waals surface area contributed by atoms with Gasteiger partial charge in [0.2, 0.25) is 0 Å². The number of aromatic nitrogens is 2. The molecule has 0 aliphatic carbocycles. The molecule has 1 N–H and O–H groups in total. The van der Waals surface area contributed by atoms with E-state index in [0.29, 0.717) is 40.2 Å². The van der Waals surface area contributed by atoms with Crippen molar-refractivity contribution in [1.29, 1.82) is 0 Å². The number of fused-ring (bicyclic) bond motifs is 1. The first-order valence-corrected chi connectivity index (χ1v) is 8.71. The lowest BCUT2D eigenvalue weighted by Gasteiger charge is -2.17. The lowest BCUT2D eigenvalue weighted by Crippen LogP contribution is -2.30. The van der Waals surface area contributed by atoms with E-state index in [1.807, 2.05) is 20.8 Å².